The summed E-state index contributed by atoms with van der Waals surface area (Å²) in [5.41, 5.74) is 7.09. The van der Waals surface area contributed by atoms with E-state index < -0.39 is 18.4 Å². The van der Waals surface area contributed by atoms with E-state index in [1.165, 1.54) is 22.3 Å². The Balaban J connectivity index is 1.44. The Kier molecular flexibility index (Phi) is 5.86. The van der Waals surface area contributed by atoms with E-state index in [1.54, 1.807) is 0 Å². The average molecular weight is 548 g/mol. The van der Waals surface area contributed by atoms with Gasteiger partial charge in [0.1, 0.15) is 0 Å². The van der Waals surface area contributed by atoms with E-state index in [2.05, 4.69) is 23.1 Å². The first-order chi connectivity index (χ1) is 15.0. The number of allylic oxidation sites excluding steroid dienone is 1. The third-order valence-corrected chi connectivity index (χ3v) is 9.81. The summed E-state index contributed by atoms with van der Waals surface area (Å²) in [4.78, 5) is 9.05. The molecule has 0 bridgehead atoms. The molecule has 1 saturated heterocycles. The first-order valence-electron chi connectivity index (χ1n) is 10.4. The fraction of sp³-hybridized carbons (Fsp3) is 0.280. The summed E-state index contributed by atoms with van der Waals surface area (Å²) in [6.45, 7) is 3.38. The quantitative estimate of drug-likeness (QED) is 0.403. The van der Waals surface area contributed by atoms with E-state index in [0.29, 0.717) is 6.61 Å². The zero-order chi connectivity index (χ0) is 21.4. The second kappa shape index (κ2) is 8.62. The van der Waals surface area contributed by atoms with Crippen molar-refractivity contribution in [1.29, 1.82) is 0 Å². The van der Waals surface area contributed by atoms with Gasteiger partial charge in [-0.3, -0.25) is 0 Å². The number of hydrogen-bond donors (Lipinski definition) is 0. The van der Waals surface area contributed by atoms with E-state index in [0.717, 1.165) is 54.5 Å². The molecule has 1 atom stereocenters. The molecule has 3 aliphatic heterocycles. The number of pyridine rings is 1. The second-order valence-corrected chi connectivity index (χ2v) is 15.2. The van der Waals surface area contributed by atoms with Crippen molar-refractivity contribution in [3.63, 3.8) is 0 Å². The van der Waals surface area contributed by atoms with Crippen LogP contribution in [0.4, 0.5) is 0 Å². The normalized spacial score (nSPS) is 25.3. The second-order valence-electron chi connectivity index (χ2n) is 8.25. The molecule has 1 aromatic heterocycles. The van der Waals surface area contributed by atoms with Gasteiger partial charge in [-0.2, -0.15) is 0 Å². The van der Waals surface area contributed by atoms with Gasteiger partial charge in [-0.1, -0.05) is 11.6 Å². The molecule has 2 aromatic rings. The van der Waals surface area contributed by atoms with Crippen LogP contribution in [0.3, 0.4) is 0 Å². The number of fused-ring (bicyclic) bond motifs is 2. The Morgan fingerprint density at radius 3 is 2.84 bits per heavy atom. The van der Waals surface area contributed by atoms with E-state index in [-0.39, 0.29) is 0 Å². The molecule has 4 heterocycles. The zero-order valence-corrected chi connectivity index (χ0v) is 20.4. The summed E-state index contributed by atoms with van der Waals surface area (Å²) in [7, 11) is 0. The minimum absolute atomic E-state index is 0.497. The topological polar surface area (TPSA) is 48.4 Å². The first kappa shape index (κ1) is 21.1. The predicted octanol–water partition coefficient (Wildman–Crippen LogP) is 4.73. The zero-order valence-electron chi connectivity index (χ0n) is 17.5. The predicted molar refractivity (Wildman–Crippen MR) is 135 cm³/mol. The summed E-state index contributed by atoms with van der Waals surface area (Å²) in [5, 5.41) is 0.726. The molecule has 0 saturated carbocycles. The van der Waals surface area contributed by atoms with E-state index in [9.17, 15) is 3.44 Å². The molecule has 1 fully saturated rings. The van der Waals surface area contributed by atoms with E-state index in [4.69, 9.17) is 21.3 Å². The molecule has 0 aliphatic carbocycles. The van der Waals surface area contributed by atoms with Gasteiger partial charge in [0, 0.05) is 5.02 Å². The van der Waals surface area contributed by atoms with Gasteiger partial charge in [0.2, 0.25) is 0 Å². The molecule has 0 N–H and O–H groups in total. The van der Waals surface area contributed by atoms with Crippen LogP contribution in [0.25, 0.3) is 5.57 Å². The van der Waals surface area contributed by atoms with Gasteiger partial charge in [0.15, 0.2) is 0 Å². The molecular formula is C25H25ClIN2O2-. The number of rotatable bonds is 2. The van der Waals surface area contributed by atoms with Gasteiger partial charge in [0.25, 0.3) is 0 Å². The average Bonchev–Trinajstić information content (AvgIpc) is 2.92. The first-order valence-corrected chi connectivity index (χ1v) is 16.3. The van der Waals surface area contributed by atoms with Crippen molar-refractivity contribution in [3.05, 3.63) is 85.8 Å². The van der Waals surface area contributed by atoms with Gasteiger partial charge in [0.05, 0.1) is 0 Å². The van der Waals surface area contributed by atoms with Crippen molar-refractivity contribution in [1.82, 2.24) is 9.88 Å². The van der Waals surface area contributed by atoms with Crippen LogP contribution < -0.4 is 8.17 Å². The number of nitrogens with zero attached hydrogens (tertiary/aromatic N) is 2. The van der Waals surface area contributed by atoms with Gasteiger partial charge in [-0.15, -0.1) is 0 Å². The summed E-state index contributed by atoms with van der Waals surface area (Å²) >= 11 is 3.37. The Morgan fingerprint density at radius 2 is 2.06 bits per heavy atom. The third kappa shape index (κ3) is 4.55. The number of benzene rings is 1. The molecule has 6 heteroatoms. The van der Waals surface area contributed by atoms with E-state index >= 15 is 0 Å². The Labute approximate surface area is 192 Å². The van der Waals surface area contributed by atoms with Crippen LogP contribution in [-0.4, -0.2) is 38.5 Å². The summed E-state index contributed by atoms with van der Waals surface area (Å²) in [6, 6.07) is 9.99. The number of alkyl halides is 1. The monoisotopic (exact) mass is 547 g/mol. The van der Waals surface area contributed by atoms with Crippen LogP contribution >= 0.6 is 30.0 Å². The van der Waals surface area contributed by atoms with Crippen molar-refractivity contribution in [3.8, 4) is 5.75 Å². The van der Waals surface area contributed by atoms with Crippen LogP contribution in [0.2, 0.25) is 5.02 Å². The molecule has 1 unspecified atom stereocenters. The Bertz CT molecular complexity index is 1170. The summed E-state index contributed by atoms with van der Waals surface area (Å²) in [6.07, 6.45) is 7.93. The molecule has 31 heavy (non-hydrogen) atoms. The molecule has 1 aromatic carbocycles. The SMILES string of the molecule is CI1([O-])=CC=C(CN2CCC(=C3c4ccc(Cl)cc4COc4cccnc43)CC2)C=C1. The van der Waals surface area contributed by atoms with Crippen LogP contribution in [0.15, 0.2) is 63.9 Å². The van der Waals surface area contributed by atoms with Gasteiger partial charge in [-0.25, -0.2) is 0 Å². The number of hydrogen-bond acceptors (Lipinski definition) is 4. The third-order valence-electron chi connectivity index (χ3n) is 6.00. The maximum absolute atomic E-state index is 12.2. The summed E-state index contributed by atoms with van der Waals surface area (Å²) < 4.78 is 22.1. The standard InChI is InChI=1S/C25H25ClIN2O2/c1-27(30)10-6-18(7-11-27)16-29-13-8-19(9-14-29)24-22-5-4-21(26)15-20(22)17-31-23-3-2-12-28-25(23)24/h2-7,10-12,15H,8-9,13-14,16-17H2,1H3/q-1. The fourth-order valence-electron chi connectivity index (χ4n) is 4.37. The molecule has 162 valence electrons. The van der Waals surface area contributed by atoms with Crippen molar-refractivity contribution >= 4 is 39.6 Å². The minimum atomic E-state index is -2.91. The molecule has 0 radical (unpaired) electrons. The van der Waals surface area contributed by atoms with Crippen molar-refractivity contribution in [2.45, 2.75) is 19.4 Å². The molecular weight excluding hydrogens is 523 g/mol. The maximum atomic E-state index is 12.2. The van der Waals surface area contributed by atoms with Crippen molar-refractivity contribution in [2.75, 3.05) is 24.6 Å². The summed E-state index contributed by atoms with van der Waals surface area (Å²) in [5.74, 6) is 0.832. The van der Waals surface area contributed by atoms with Crippen LogP contribution in [0, 0.1) is 0 Å². The molecule has 3 aliphatic rings. The number of likely N-dealkylation sites (tertiary alicyclic amines) is 1. The fourth-order valence-corrected chi connectivity index (χ4v) is 7.15. The molecule has 4 nitrogen and oxygen atoms in total. The van der Waals surface area contributed by atoms with Crippen molar-refractivity contribution in [2.24, 2.45) is 0 Å². The van der Waals surface area contributed by atoms with Gasteiger partial charge >= 0.3 is 170 Å². The Morgan fingerprint density at radius 1 is 1.23 bits per heavy atom. The van der Waals surface area contributed by atoms with E-state index in [1.807, 2.05) is 43.5 Å². The van der Waals surface area contributed by atoms with Crippen LogP contribution in [0.1, 0.15) is 29.7 Å². The van der Waals surface area contributed by atoms with Gasteiger partial charge in [-0.05, 0) is 6.07 Å². The molecule has 0 amide bonds. The van der Waals surface area contributed by atoms with Crippen LogP contribution in [0.5, 0.6) is 5.75 Å². The van der Waals surface area contributed by atoms with Crippen LogP contribution in [-0.2, 0) is 6.61 Å². The number of ether oxygens (including phenoxy) is 1. The van der Waals surface area contributed by atoms with Crippen molar-refractivity contribution < 1.29 is 8.17 Å². The molecule has 5 rings (SSSR count). The number of halogens is 2. The number of piperidine rings is 1. The Hall–Kier alpha value is -1.80. The van der Waals surface area contributed by atoms with Gasteiger partial charge < -0.3 is 0 Å². The molecule has 0 spiro atoms. The number of aromatic nitrogens is 1.